The van der Waals surface area contributed by atoms with Gasteiger partial charge in [0.05, 0.1) is 15.5 Å². The first-order chi connectivity index (χ1) is 12.8. The molecule has 0 saturated heterocycles. The topological polar surface area (TPSA) is 98.9 Å². The highest BCUT2D eigenvalue weighted by Gasteiger charge is 2.31. The lowest BCUT2D eigenvalue weighted by Gasteiger charge is -2.18. The third-order valence-corrected chi connectivity index (χ3v) is 5.34. The Morgan fingerprint density at radius 2 is 1.86 bits per heavy atom. The Bertz CT molecular complexity index is 946. The van der Waals surface area contributed by atoms with Gasteiger partial charge < -0.3 is 14.4 Å². The van der Waals surface area contributed by atoms with Crippen LogP contribution < -0.4 is 9.47 Å². The maximum atomic E-state index is 12.7. The van der Waals surface area contributed by atoms with E-state index in [1.54, 1.807) is 0 Å². The van der Waals surface area contributed by atoms with Crippen LogP contribution >= 0.6 is 19.0 Å². The molecule has 2 aromatic carbocycles. The Morgan fingerprint density at radius 3 is 2.36 bits per heavy atom. The van der Waals surface area contributed by atoms with Crippen LogP contribution in [0.2, 0.25) is 5.02 Å². The van der Waals surface area contributed by atoms with Crippen LogP contribution in [0.4, 0.5) is 18.9 Å². The number of hydrogen-bond donors (Lipinski definition) is 1. The lowest BCUT2D eigenvalue weighted by Crippen LogP contribution is -2.12. The Kier molecular flexibility index (Phi) is 6.27. The quantitative estimate of drug-likeness (QED) is 0.353. The van der Waals surface area contributed by atoms with Gasteiger partial charge in [0, 0.05) is 18.8 Å². The smallest absolute Gasteiger partial charge is 0.416 e. The van der Waals surface area contributed by atoms with E-state index in [1.165, 1.54) is 13.0 Å². The summed E-state index contributed by atoms with van der Waals surface area (Å²) in [6, 6.07) is 5.76. The van der Waals surface area contributed by atoms with Crippen LogP contribution in [0.5, 0.6) is 17.2 Å². The summed E-state index contributed by atoms with van der Waals surface area (Å²) >= 11 is 5.82. The molecule has 2 unspecified atom stereocenters. The van der Waals surface area contributed by atoms with Crippen LogP contribution in [0.3, 0.4) is 0 Å². The summed E-state index contributed by atoms with van der Waals surface area (Å²) in [4.78, 5) is 19.9. The molecule has 28 heavy (non-hydrogen) atoms. The Hall–Kier alpha value is -2.29. The average molecular weight is 440 g/mol. The SMILES string of the molecule is CC(Oc1cc(Oc2ccc(C(F)(F)F)cc2Cl)ccc1[N+](=O)[O-])P(C)(=O)O. The van der Waals surface area contributed by atoms with Gasteiger partial charge in [0.25, 0.3) is 0 Å². The van der Waals surface area contributed by atoms with Crippen LogP contribution in [0.25, 0.3) is 0 Å². The first-order valence-electron chi connectivity index (χ1n) is 7.58. The maximum absolute atomic E-state index is 12.7. The summed E-state index contributed by atoms with van der Waals surface area (Å²) in [5.41, 5.74) is -1.45. The van der Waals surface area contributed by atoms with Crippen molar-refractivity contribution in [3.05, 3.63) is 57.1 Å². The lowest BCUT2D eigenvalue weighted by molar-refractivity contribution is -0.386. The number of hydrogen-bond acceptors (Lipinski definition) is 5. The third kappa shape index (κ3) is 5.37. The van der Waals surface area contributed by atoms with Crippen LogP contribution in [0.15, 0.2) is 36.4 Å². The number of benzene rings is 2. The van der Waals surface area contributed by atoms with E-state index < -0.39 is 35.6 Å². The normalized spacial score (nSPS) is 14.8. The summed E-state index contributed by atoms with van der Waals surface area (Å²) in [5.74, 6) is -1.73. The summed E-state index contributed by atoms with van der Waals surface area (Å²) in [7, 11) is -3.70. The number of nitro groups is 1. The number of nitrogens with zero attached hydrogens (tertiary/aromatic N) is 1. The molecule has 0 radical (unpaired) electrons. The van der Waals surface area contributed by atoms with E-state index >= 15 is 0 Å². The molecule has 0 aliphatic carbocycles. The zero-order chi connectivity index (χ0) is 21.3. The fraction of sp³-hybridized carbons (Fsp3) is 0.250. The Morgan fingerprint density at radius 1 is 1.21 bits per heavy atom. The van der Waals surface area contributed by atoms with Crippen molar-refractivity contribution >= 4 is 24.7 Å². The zero-order valence-corrected chi connectivity index (χ0v) is 16.1. The van der Waals surface area contributed by atoms with E-state index in [-0.39, 0.29) is 22.3 Å². The fourth-order valence-corrected chi connectivity index (χ4v) is 2.50. The van der Waals surface area contributed by atoms with Crippen molar-refractivity contribution in [1.82, 2.24) is 0 Å². The molecule has 0 heterocycles. The van der Waals surface area contributed by atoms with Gasteiger partial charge in [0.15, 0.2) is 5.85 Å². The van der Waals surface area contributed by atoms with Crippen LogP contribution in [-0.4, -0.2) is 22.3 Å². The molecule has 0 aliphatic heterocycles. The molecule has 2 aromatic rings. The molecule has 0 spiro atoms. The highest BCUT2D eigenvalue weighted by Crippen LogP contribution is 2.45. The van der Waals surface area contributed by atoms with Crippen molar-refractivity contribution in [3.63, 3.8) is 0 Å². The standard InChI is InChI=1S/C16H14ClF3NO6P/c1-9(28(2,24)25)26-15-8-11(4-5-13(15)21(22)23)27-14-6-3-10(7-12(14)17)16(18,19)20/h3-9H,1-2H3,(H,24,25). The average Bonchev–Trinajstić information content (AvgIpc) is 2.54. The van der Waals surface area contributed by atoms with Gasteiger partial charge in [0.2, 0.25) is 13.1 Å². The van der Waals surface area contributed by atoms with Gasteiger partial charge in [0.1, 0.15) is 11.5 Å². The van der Waals surface area contributed by atoms with Gasteiger partial charge in [-0.15, -0.1) is 0 Å². The van der Waals surface area contributed by atoms with Gasteiger partial charge >= 0.3 is 11.9 Å². The summed E-state index contributed by atoms with van der Waals surface area (Å²) in [5, 5.41) is 10.8. The van der Waals surface area contributed by atoms with Crippen molar-refractivity contribution in [2.45, 2.75) is 18.9 Å². The summed E-state index contributed by atoms with van der Waals surface area (Å²) in [6.07, 6.45) is -4.58. The van der Waals surface area contributed by atoms with Crippen LogP contribution in [-0.2, 0) is 10.7 Å². The number of ether oxygens (including phenoxy) is 2. The highest BCUT2D eigenvalue weighted by molar-refractivity contribution is 7.57. The first-order valence-corrected chi connectivity index (χ1v) is 10.1. The van der Waals surface area contributed by atoms with Crippen molar-refractivity contribution in [1.29, 1.82) is 0 Å². The molecule has 0 saturated carbocycles. The fourth-order valence-electron chi connectivity index (χ4n) is 1.97. The zero-order valence-electron chi connectivity index (χ0n) is 14.4. The molecular formula is C16H14ClF3NO6P. The van der Waals surface area contributed by atoms with Crippen molar-refractivity contribution in [3.8, 4) is 17.2 Å². The maximum Gasteiger partial charge on any atom is 0.416 e. The monoisotopic (exact) mass is 439 g/mol. The van der Waals surface area contributed by atoms with E-state index in [1.807, 2.05) is 0 Å². The molecule has 7 nitrogen and oxygen atoms in total. The molecule has 152 valence electrons. The second-order valence-corrected chi connectivity index (χ2v) is 8.81. The van der Waals surface area contributed by atoms with Crippen molar-refractivity contribution < 1.29 is 37.0 Å². The second-order valence-electron chi connectivity index (χ2n) is 5.79. The number of rotatable bonds is 6. The minimum absolute atomic E-state index is 0.0293. The number of nitro benzene ring substituents is 1. The van der Waals surface area contributed by atoms with E-state index in [4.69, 9.17) is 21.1 Å². The Balaban J connectivity index is 2.36. The highest BCUT2D eigenvalue weighted by atomic mass is 35.5. The molecule has 0 fully saturated rings. The number of alkyl halides is 3. The van der Waals surface area contributed by atoms with Crippen LogP contribution in [0, 0.1) is 10.1 Å². The first kappa shape index (κ1) is 22.0. The molecule has 2 rings (SSSR count). The minimum atomic E-state index is -4.58. The molecule has 0 aliphatic rings. The van der Waals surface area contributed by atoms with E-state index in [9.17, 15) is 32.7 Å². The second kappa shape index (κ2) is 7.98. The van der Waals surface area contributed by atoms with Gasteiger partial charge in [-0.2, -0.15) is 13.2 Å². The predicted octanol–water partition coefficient (Wildman–Crippen LogP) is 5.68. The molecular weight excluding hydrogens is 426 g/mol. The van der Waals surface area contributed by atoms with E-state index in [2.05, 4.69) is 0 Å². The lowest BCUT2D eigenvalue weighted by atomic mass is 10.2. The van der Waals surface area contributed by atoms with Crippen molar-refractivity contribution in [2.24, 2.45) is 0 Å². The minimum Gasteiger partial charge on any atom is -0.473 e. The third-order valence-electron chi connectivity index (χ3n) is 3.59. The molecule has 0 bridgehead atoms. The van der Waals surface area contributed by atoms with Crippen LogP contribution in [0.1, 0.15) is 12.5 Å². The van der Waals surface area contributed by atoms with Gasteiger partial charge in [-0.3, -0.25) is 14.7 Å². The predicted molar refractivity (Wildman–Crippen MR) is 95.5 cm³/mol. The van der Waals surface area contributed by atoms with Crippen molar-refractivity contribution in [2.75, 3.05) is 6.66 Å². The summed E-state index contributed by atoms with van der Waals surface area (Å²) < 4.78 is 60.3. The number of halogens is 4. The molecule has 12 heteroatoms. The largest absolute Gasteiger partial charge is 0.473 e. The Labute approximate surface area is 162 Å². The van der Waals surface area contributed by atoms with E-state index in [0.29, 0.717) is 6.07 Å². The van der Waals surface area contributed by atoms with Gasteiger partial charge in [-0.05, 0) is 31.2 Å². The molecule has 1 N–H and O–H groups in total. The van der Waals surface area contributed by atoms with E-state index in [0.717, 1.165) is 30.9 Å². The van der Waals surface area contributed by atoms with Gasteiger partial charge in [-0.1, -0.05) is 11.6 Å². The molecule has 2 atom stereocenters. The van der Waals surface area contributed by atoms with Gasteiger partial charge in [-0.25, -0.2) is 0 Å². The molecule has 0 amide bonds. The summed E-state index contributed by atoms with van der Waals surface area (Å²) in [6.45, 7) is 2.30. The molecule has 0 aromatic heterocycles.